The van der Waals surface area contributed by atoms with Crippen molar-refractivity contribution < 1.29 is 14.5 Å². The van der Waals surface area contributed by atoms with Crippen molar-refractivity contribution in [2.45, 2.75) is 13.0 Å². The van der Waals surface area contributed by atoms with Crippen molar-refractivity contribution in [1.82, 2.24) is 10.2 Å². The highest BCUT2D eigenvalue weighted by Crippen LogP contribution is 2.28. The number of carbonyl (C=O) groups is 1. The number of rotatable bonds is 3. The second-order valence-corrected chi connectivity index (χ2v) is 4.70. The SMILES string of the molecule is COc1cc(C(=O)N2CCNC[C@H]2C)ccc1[N+](=O)[O-].Cl. The first-order valence-corrected chi connectivity index (χ1v) is 6.38. The van der Waals surface area contributed by atoms with Gasteiger partial charge in [0.2, 0.25) is 0 Å². The third-order valence-electron chi connectivity index (χ3n) is 3.39. The fourth-order valence-corrected chi connectivity index (χ4v) is 2.27. The number of hydrogen-bond donors (Lipinski definition) is 1. The molecule has 21 heavy (non-hydrogen) atoms. The van der Waals surface area contributed by atoms with Crippen LogP contribution < -0.4 is 10.1 Å². The largest absolute Gasteiger partial charge is 0.490 e. The highest BCUT2D eigenvalue weighted by atomic mass is 35.5. The molecule has 1 aromatic carbocycles. The Morgan fingerprint density at radius 3 is 2.81 bits per heavy atom. The van der Waals surface area contributed by atoms with Crippen LogP contribution in [-0.2, 0) is 0 Å². The summed E-state index contributed by atoms with van der Waals surface area (Å²) < 4.78 is 4.99. The topological polar surface area (TPSA) is 84.7 Å². The van der Waals surface area contributed by atoms with E-state index >= 15 is 0 Å². The molecule has 0 unspecified atom stereocenters. The monoisotopic (exact) mass is 315 g/mol. The van der Waals surface area contributed by atoms with Crippen molar-refractivity contribution in [3.8, 4) is 5.75 Å². The first-order valence-electron chi connectivity index (χ1n) is 6.38. The zero-order valence-corrected chi connectivity index (χ0v) is 12.7. The highest BCUT2D eigenvalue weighted by molar-refractivity contribution is 5.95. The number of carbonyl (C=O) groups excluding carboxylic acids is 1. The molecule has 1 heterocycles. The average molecular weight is 316 g/mol. The summed E-state index contributed by atoms with van der Waals surface area (Å²) >= 11 is 0. The van der Waals surface area contributed by atoms with E-state index in [1.807, 2.05) is 6.92 Å². The maximum atomic E-state index is 12.4. The molecule has 1 atom stereocenters. The van der Waals surface area contributed by atoms with Gasteiger partial charge in [0.1, 0.15) is 0 Å². The van der Waals surface area contributed by atoms with E-state index in [0.717, 1.165) is 13.1 Å². The Labute approximate surface area is 128 Å². The number of hydrogen-bond acceptors (Lipinski definition) is 5. The molecule has 0 spiro atoms. The van der Waals surface area contributed by atoms with Gasteiger partial charge in [-0.15, -0.1) is 12.4 Å². The van der Waals surface area contributed by atoms with E-state index in [0.29, 0.717) is 12.1 Å². The second-order valence-electron chi connectivity index (χ2n) is 4.70. The molecule has 8 heteroatoms. The van der Waals surface area contributed by atoms with Crippen molar-refractivity contribution in [3.63, 3.8) is 0 Å². The molecule has 1 aliphatic rings. The summed E-state index contributed by atoms with van der Waals surface area (Å²) in [5.74, 6) is -0.0316. The van der Waals surface area contributed by atoms with Gasteiger partial charge < -0.3 is 15.0 Å². The number of nitrogens with one attached hydrogen (secondary N) is 1. The molecule has 1 fully saturated rings. The van der Waals surface area contributed by atoms with Crippen LogP contribution in [-0.4, -0.2) is 48.5 Å². The fraction of sp³-hybridized carbons (Fsp3) is 0.462. The van der Waals surface area contributed by atoms with E-state index in [4.69, 9.17) is 4.74 Å². The molecular formula is C13H18ClN3O4. The van der Waals surface area contributed by atoms with E-state index in [2.05, 4.69) is 5.32 Å². The number of piperazine rings is 1. The molecular weight excluding hydrogens is 298 g/mol. The van der Waals surface area contributed by atoms with Crippen molar-refractivity contribution >= 4 is 24.0 Å². The van der Waals surface area contributed by atoms with Gasteiger partial charge in [-0.05, 0) is 13.0 Å². The second kappa shape index (κ2) is 7.24. The Bertz CT molecular complexity index is 538. The number of amides is 1. The van der Waals surface area contributed by atoms with Crippen molar-refractivity contribution in [3.05, 3.63) is 33.9 Å². The number of benzene rings is 1. The smallest absolute Gasteiger partial charge is 0.310 e. The highest BCUT2D eigenvalue weighted by Gasteiger charge is 2.25. The predicted molar refractivity (Wildman–Crippen MR) is 80.3 cm³/mol. The van der Waals surface area contributed by atoms with Gasteiger partial charge in [0, 0.05) is 43.4 Å². The quantitative estimate of drug-likeness (QED) is 0.674. The normalized spacial score (nSPS) is 17.8. The van der Waals surface area contributed by atoms with Crippen LogP contribution in [0.3, 0.4) is 0 Å². The molecule has 1 saturated heterocycles. The maximum absolute atomic E-state index is 12.4. The number of nitro groups is 1. The Morgan fingerprint density at radius 1 is 1.52 bits per heavy atom. The molecule has 1 N–H and O–H groups in total. The summed E-state index contributed by atoms with van der Waals surface area (Å²) in [6.45, 7) is 4.09. The molecule has 1 amide bonds. The van der Waals surface area contributed by atoms with E-state index < -0.39 is 4.92 Å². The Kier molecular flexibility index (Phi) is 5.92. The third-order valence-corrected chi connectivity index (χ3v) is 3.39. The number of ether oxygens (including phenoxy) is 1. The molecule has 1 aromatic rings. The molecule has 0 radical (unpaired) electrons. The number of nitro benzene ring substituents is 1. The molecule has 0 aromatic heterocycles. The van der Waals surface area contributed by atoms with Crippen molar-refractivity contribution in [1.29, 1.82) is 0 Å². The van der Waals surface area contributed by atoms with Crippen LogP contribution in [0.4, 0.5) is 5.69 Å². The number of nitrogens with zero attached hydrogens (tertiary/aromatic N) is 2. The van der Waals surface area contributed by atoms with Crippen LogP contribution >= 0.6 is 12.4 Å². The van der Waals surface area contributed by atoms with Crippen LogP contribution in [0.1, 0.15) is 17.3 Å². The first kappa shape index (κ1) is 17.2. The average Bonchev–Trinajstić information content (AvgIpc) is 2.46. The van der Waals surface area contributed by atoms with Gasteiger partial charge in [0.05, 0.1) is 12.0 Å². The molecule has 0 aliphatic carbocycles. The standard InChI is InChI=1S/C13H17N3O4.ClH/c1-9-8-14-5-6-15(9)13(17)10-3-4-11(16(18)19)12(7-10)20-2;/h3-4,7,9,14H,5-6,8H2,1-2H3;1H/t9-;/m1./s1. The van der Waals surface area contributed by atoms with Crippen LogP contribution in [0.5, 0.6) is 5.75 Å². The first-order chi connectivity index (χ1) is 9.54. The lowest BCUT2D eigenvalue weighted by Crippen LogP contribution is -2.52. The van der Waals surface area contributed by atoms with Crippen LogP contribution in [0.15, 0.2) is 18.2 Å². The van der Waals surface area contributed by atoms with E-state index in [1.54, 1.807) is 4.90 Å². The lowest BCUT2D eigenvalue weighted by molar-refractivity contribution is -0.385. The van der Waals surface area contributed by atoms with Crippen LogP contribution in [0.2, 0.25) is 0 Å². The molecule has 1 aliphatic heterocycles. The molecule has 116 valence electrons. The maximum Gasteiger partial charge on any atom is 0.310 e. The molecule has 0 saturated carbocycles. The zero-order valence-electron chi connectivity index (χ0n) is 11.9. The number of methoxy groups -OCH3 is 1. The molecule has 2 rings (SSSR count). The number of halogens is 1. The Hall–Kier alpha value is -1.86. The van der Waals surface area contributed by atoms with Gasteiger partial charge in [-0.1, -0.05) is 0 Å². The van der Waals surface area contributed by atoms with Crippen LogP contribution in [0, 0.1) is 10.1 Å². The van der Waals surface area contributed by atoms with Gasteiger partial charge in [0.25, 0.3) is 5.91 Å². The van der Waals surface area contributed by atoms with Gasteiger partial charge in [-0.3, -0.25) is 14.9 Å². The third kappa shape index (κ3) is 3.62. The van der Waals surface area contributed by atoms with E-state index in [-0.39, 0.29) is 35.8 Å². The fourth-order valence-electron chi connectivity index (χ4n) is 2.27. The summed E-state index contributed by atoms with van der Waals surface area (Å²) in [5, 5.41) is 14.0. The van der Waals surface area contributed by atoms with Gasteiger partial charge in [0.15, 0.2) is 5.75 Å². The van der Waals surface area contributed by atoms with Crippen LogP contribution in [0.25, 0.3) is 0 Å². The Morgan fingerprint density at radius 2 is 2.24 bits per heavy atom. The van der Waals surface area contributed by atoms with Crippen molar-refractivity contribution in [2.75, 3.05) is 26.7 Å². The predicted octanol–water partition coefficient (Wildman–Crippen LogP) is 1.46. The summed E-state index contributed by atoms with van der Waals surface area (Å²) in [7, 11) is 1.35. The minimum atomic E-state index is -0.527. The lowest BCUT2D eigenvalue weighted by Gasteiger charge is -2.34. The summed E-state index contributed by atoms with van der Waals surface area (Å²) in [4.78, 5) is 24.5. The summed E-state index contributed by atoms with van der Waals surface area (Å²) in [5.41, 5.74) is 0.263. The van der Waals surface area contributed by atoms with E-state index in [1.165, 1.54) is 25.3 Å². The Balaban J connectivity index is 0.00000220. The zero-order chi connectivity index (χ0) is 14.7. The van der Waals surface area contributed by atoms with Gasteiger partial charge in [-0.2, -0.15) is 0 Å². The minimum Gasteiger partial charge on any atom is -0.490 e. The summed E-state index contributed by atoms with van der Waals surface area (Å²) in [6, 6.07) is 4.30. The minimum absolute atomic E-state index is 0. The molecule has 0 bridgehead atoms. The van der Waals surface area contributed by atoms with E-state index in [9.17, 15) is 14.9 Å². The van der Waals surface area contributed by atoms with Crippen molar-refractivity contribution in [2.24, 2.45) is 0 Å². The van der Waals surface area contributed by atoms with Gasteiger partial charge >= 0.3 is 5.69 Å². The summed E-state index contributed by atoms with van der Waals surface area (Å²) in [6.07, 6.45) is 0. The van der Waals surface area contributed by atoms with Gasteiger partial charge in [-0.25, -0.2) is 0 Å². The lowest BCUT2D eigenvalue weighted by atomic mass is 10.1. The molecule has 7 nitrogen and oxygen atoms in total.